The van der Waals surface area contributed by atoms with Gasteiger partial charge in [-0.2, -0.15) is 25.3 Å². The normalized spacial score (nSPS) is 16.9. The van der Waals surface area contributed by atoms with Crippen LogP contribution < -0.4 is 65.9 Å². The van der Waals surface area contributed by atoms with E-state index in [1.54, 1.807) is 42.5 Å². The van der Waals surface area contributed by atoms with E-state index >= 15 is 0 Å². The number of carbonyl (C=O) groups is 11. The lowest BCUT2D eigenvalue weighted by Gasteiger charge is -2.32. The van der Waals surface area contributed by atoms with Crippen LogP contribution in [0.4, 0.5) is 0 Å². The molecular formula is C51H74N14O12S2. The molecule has 7 atom stereocenters. The number of guanidine groups is 1. The molecule has 0 bridgehead atoms. The molecule has 0 spiro atoms. The summed E-state index contributed by atoms with van der Waals surface area (Å²) in [6.07, 6.45) is 3.04. The maximum Gasteiger partial charge on any atom is 0.246 e. The number of rotatable bonds is 31. The number of hydrogen-bond acceptors (Lipinski definition) is 15. The highest BCUT2D eigenvalue weighted by molar-refractivity contribution is 7.81. The minimum atomic E-state index is -1.79. The summed E-state index contributed by atoms with van der Waals surface area (Å²) in [5.41, 5.74) is 28.1. The van der Waals surface area contributed by atoms with Crippen LogP contribution in [0.3, 0.4) is 0 Å². The average molecular weight is 1140 g/mol. The number of phenolic OH excluding ortho intramolecular Hbond substituents is 1. The first kappa shape index (κ1) is 63.9. The summed E-state index contributed by atoms with van der Waals surface area (Å²) < 4.78 is -0.583. The number of thiol groups is 2. The first-order chi connectivity index (χ1) is 37.5. The molecule has 0 unspecified atom stereocenters. The van der Waals surface area contributed by atoms with Crippen molar-refractivity contribution in [3.63, 3.8) is 0 Å². The summed E-state index contributed by atoms with van der Waals surface area (Å²) in [6, 6.07) is 4.59. The smallest absolute Gasteiger partial charge is 0.246 e. The molecule has 26 nitrogen and oxygen atoms in total. The number of likely N-dealkylation sites (tertiary alicyclic amines) is 1. The Morgan fingerprint density at radius 3 is 1.78 bits per heavy atom. The Morgan fingerprint density at radius 2 is 1.19 bits per heavy atom. The first-order valence-corrected chi connectivity index (χ1v) is 27.0. The van der Waals surface area contributed by atoms with E-state index in [1.807, 2.05) is 0 Å². The number of nitrogens with two attached hydrogens (primary N) is 5. The van der Waals surface area contributed by atoms with E-state index in [0.29, 0.717) is 30.4 Å². The van der Waals surface area contributed by atoms with E-state index in [2.05, 4.69) is 54.8 Å². The molecule has 0 radical (unpaired) electrons. The molecule has 1 aliphatic heterocycles. The van der Waals surface area contributed by atoms with Gasteiger partial charge < -0.3 is 75.9 Å². The lowest BCUT2D eigenvalue weighted by molar-refractivity contribution is -0.142. The molecule has 1 heterocycles. The fraction of sp³-hybridized carbons (Fsp3) is 0.529. The van der Waals surface area contributed by atoms with Crippen LogP contribution in [0.5, 0.6) is 5.75 Å². The predicted molar refractivity (Wildman–Crippen MR) is 296 cm³/mol. The summed E-state index contributed by atoms with van der Waals surface area (Å²) in [5.74, 6) is -9.96. The van der Waals surface area contributed by atoms with Gasteiger partial charge >= 0.3 is 0 Å². The molecule has 4 rings (SSSR count). The summed E-state index contributed by atoms with van der Waals surface area (Å²) in [7, 11) is 0. The maximum atomic E-state index is 14.4. The number of aliphatic imine (C=N–C) groups is 1. The Bertz CT molecular complexity index is 2510. The molecule has 2 aromatic carbocycles. The predicted octanol–water partition coefficient (Wildman–Crippen LogP) is -3.17. The van der Waals surface area contributed by atoms with E-state index < -0.39 is 138 Å². The van der Waals surface area contributed by atoms with E-state index in [9.17, 15) is 57.8 Å². The lowest BCUT2D eigenvalue weighted by Crippen LogP contribution is -2.61. The molecule has 28 heteroatoms. The third-order valence-corrected chi connectivity index (χ3v) is 14.2. The van der Waals surface area contributed by atoms with Gasteiger partial charge in [0.2, 0.25) is 65.0 Å². The molecule has 2 fully saturated rings. The fourth-order valence-electron chi connectivity index (χ4n) is 9.15. The third-order valence-electron chi connectivity index (χ3n) is 13.2. The van der Waals surface area contributed by atoms with Gasteiger partial charge in [-0.15, -0.1) is 0 Å². The number of hydrogen-bond donors (Lipinski definition) is 15. The highest BCUT2D eigenvalue weighted by Gasteiger charge is 2.40. The van der Waals surface area contributed by atoms with Crippen LogP contribution in [0.2, 0.25) is 0 Å². The second kappa shape index (κ2) is 31.7. The van der Waals surface area contributed by atoms with Gasteiger partial charge in [0.1, 0.15) is 48.0 Å². The van der Waals surface area contributed by atoms with Crippen LogP contribution in [-0.2, 0) is 65.6 Å². The molecule has 11 amide bonds. The Kier molecular flexibility index (Phi) is 25.6. The van der Waals surface area contributed by atoms with Crippen molar-refractivity contribution < 1.29 is 57.8 Å². The maximum absolute atomic E-state index is 14.4. The molecule has 1 saturated carbocycles. The molecule has 79 heavy (non-hydrogen) atoms. The van der Waals surface area contributed by atoms with Crippen molar-refractivity contribution in [1.29, 1.82) is 0 Å². The van der Waals surface area contributed by atoms with Gasteiger partial charge in [0.05, 0.1) is 13.0 Å². The number of primary amides is 3. The first-order valence-electron chi connectivity index (χ1n) is 25.9. The van der Waals surface area contributed by atoms with E-state index in [0.717, 1.165) is 19.3 Å². The zero-order valence-corrected chi connectivity index (χ0v) is 45.6. The van der Waals surface area contributed by atoms with Crippen LogP contribution in [0, 0.1) is 0 Å². The van der Waals surface area contributed by atoms with Crippen LogP contribution >= 0.6 is 25.3 Å². The number of carbonyl (C=O) groups excluding carboxylic acids is 11. The number of nitrogens with one attached hydrogen (secondary N) is 7. The number of benzene rings is 2. The van der Waals surface area contributed by atoms with Gasteiger partial charge in [-0.3, -0.25) is 57.7 Å². The Morgan fingerprint density at radius 1 is 0.633 bits per heavy atom. The Balaban J connectivity index is 1.54. The molecular weight excluding hydrogens is 1060 g/mol. The van der Waals surface area contributed by atoms with Crippen LogP contribution in [-0.4, -0.2) is 153 Å². The van der Waals surface area contributed by atoms with Gasteiger partial charge in [-0.1, -0.05) is 61.7 Å². The lowest BCUT2D eigenvalue weighted by atomic mass is 9.85. The van der Waals surface area contributed by atoms with Crippen LogP contribution in [0.1, 0.15) is 94.6 Å². The monoisotopic (exact) mass is 1140 g/mol. The molecule has 1 aliphatic carbocycles. The van der Waals surface area contributed by atoms with Crippen molar-refractivity contribution in [3.05, 3.63) is 65.7 Å². The fourth-order valence-corrected chi connectivity index (χ4v) is 9.86. The average Bonchev–Trinajstić information content (AvgIpc) is 3.91. The third kappa shape index (κ3) is 22.0. The molecule has 2 aliphatic rings. The highest BCUT2D eigenvalue weighted by atomic mass is 32.1. The molecule has 2 aromatic rings. The standard InChI is InChI=1S/C51H74N14O12S2/c52-39(67)18-17-33(60-46(74)35(23-29-9-3-1-4-10-29)62-45(73)34(24-30-13-15-31(66)16-14-30)59-42(70)26-51(79)19-5-2-6-20-51)44(72)63-36(25-40(53)68)47(75)64-37(28-78)49(77)65-22-8-12-38(65)48(76)61-32(11-7-21-57-50(55)56)43(71)58-27-41(54)69/h1,3-4,9-10,13-16,32-38,66,78-79H,2,5-8,11-12,17-28H2,(H2,52,67)(H2,53,68)(H2,54,69)(H,58,71)(H,59,70)(H,60,74)(H,61,76)(H,62,73)(H,63,72)(H,64,75)(H4,55,56,57)/t32-,33-,34-,35-,36-,37-,38-/m0/s1. The number of nitrogens with zero attached hydrogens (tertiary/aromatic N) is 2. The van der Waals surface area contributed by atoms with Gasteiger partial charge in [0.15, 0.2) is 5.96 Å². The number of amides is 11. The van der Waals surface area contributed by atoms with Gasteiger partial charge in [-0.25, -0.2) is 0 Å². The second-order valence-electron chi connectivity index (χ2n) is 19.6. The van der Waals surface area contributed by atoms with Gasteiger partial charge in [0, 0.05) is 49.3 Å². The largest absolute Gasteiger partial charge is 0.508 e. The van der Waals surface area contributed by atoms with Crippen molar-refractivity contribution in [3.8, 4) is 5.75 Å². The molecule has 0 aromatic heterocycles. The zero-order chi connectivity index (χ0) is 58.2. The summed E-state index contributed by atoms with van der Waals surface area (Å²) in [6.45, 7) is -0.369. The van der Waals surface area contributed by atoms with Gasteiger partial charge in [-0.05, 0) is 68.2 Å². The van der Waals surface area contributed by atoms with Crippen molar-refractivity contribution in [2.75, 3.05) is 25.4 Å². The topological polar surface area (TPSA) is 438 Å². The summed E-state index contributed by atoms with van der Waals surface area (Å²) in [4.78, 5) is 152. The Labute approximate surface area is 468 Å². The quantitative estimate of drug-likeness (QED) is 0.0153. The van der Waals surface area contributed by atoms with Crippen LogP contribution in [0.15, 0.2) is 59.6 Å². The molecule has 18 N–H and O–H groups in total. The molecule has 1 saturated heterocycles. The summed E-state index contributed by atoms with van der Waals surface area (Å²) in [5, 5.41) is 27.8. The van der Waals surface area contributed by atoms with E-state index in [-0.39, 0.29) is 69.1 Å². The van der Waals surface area contributed by atoms with E-state index in [4.69, 9.17) is 41.3 Å². The van der Waals surface area contributed by atoms with Gasteiger partial charge in [0.25, 0.3) is 0 Å². The zero-order valence-electron chi connectivity index (χ0n) is 43.8. The molecule has 432 valence electrons. The highest BCUT2D eigenvalue weighted by Crippen LogP contribution is 2.36. The van der Waals surface area contributed by atoms with E-state index in [1.165, 1.54) is 17.0 Å². The van der Waals surface area contributed by atoms with Crippen molar-refractivity contribution in [2.24, 2.45) is 33.7 Å². The second-order valence-corrected chi connectivity index (χ2v) is 20.9. The minimum Gasteiger partial charge on any atom is -0.508 e. The summed E-state index contributed by atoms with van der Waals surface area (Å²) >= 11 is 9.08. The minimum absolute atomic E-state index is 0.0223. The number of phenols is 1. The van der Waals surface area contributed by atoms with Crippen molar-refractivity contribution in [2.45, 2.75) is 143 Å². The van der Waals surface area contributed by atoms with Crippen LogP contribution in [0.25, 0.3) is 0 Å². The SMILES string of the molecule is NC(=O)CC[C@H](NC(=O)[C@H](Cc1ccccc1)NC(=O)[C@H](Cc1ccc(O)cc1)NC(=O)CC1(S)CCCCC1)C(=O)N[C@@H](CC(N)=O)C(=O)N[C@@H](CS)C(=O)N1CCC[C@H]1C(=O)N[C@@H](CCCN=C(N)N)C(=O)NCC(N)=O. The van der Waals surface area contributed by atoms with Crippen molar-refractivity contribution >= 4 is 96.2 Å². The number of aromatic hydroxyl groups is 1. The Hall–Kier alpha value is -7.62. The van der Waals surface area contributed by atoms with Crippen molar-refractivity contribution in [1.82, 2.24) is 42.1 Å².